The van der Waals surface area contributed by atoms with Gasteiger partial charge in [-0.05, 0) is 30.7 Å². The molecule has 0 aliphatic carbocycles. The lowest BCUT2D eigenvalue weighted by atomic mass is 10.2. The summed E-state index contributed by atoms with van der Waals surface area (Å²) in [5, 5.41) is 6.14. The molecular formula is C16H22ClN3O. The lowest BCUT2D eigenvalue weighted by molar-refractivity contribution is 0.0949. The monoisotopic (exact) mass is 307 g/mol. The van der Waals surface area contributed by atoms with Gasteiger partial charge in [0, 0.05) is 18.8 Å². The highest BCUT2D eigenvalue weighted by Crippen LogP contribution is 2.17. The van der Waals surface area contributed by atoms with Gasteiger partial charge in [0.05, 0.1) is 0 Å². The van der Waals surface area contributed by atoms with Crippen molar-refractivity contribution in [3.8, 4) is 11.3 Å². The SMILES string of the molecule is CCCNCCNC(=O)c1ccc(-c2ccccc2)[nH]1.Cl. The molecule has 0 saturated heterocycles. The summed E-state index contributed by atoms with van der Waals surface area (Å²) in [6.45, 7) is 4.54. The van der Waals surface area contributed by atoms with E-state index in [1.807, 2.05) is 42.5 Å². The Morgan fingerprint density at radius 1 is 1.05 bits per heavy atom. The van der Waals surface area contributed by atoms with E-state index in [-0.39, 0.29) is 18.3 Å². The van der Waals surface area contributed by atoms with Crippen LogP contribution in [0.5, 0.6) is 0 Å². The number of benzene rings is 1. The number of carbonyl (C=O) groups excluding carboxylic acids is 1. The molecule has 0 spiro atoms. The van der Waals surface area contributed by atoms with Gasteiger partial charge in [-0.3, -0.25) is 4.79 Å². The first kappa shape index (κ1) is 17.3. The minimum atomic E-state index is -0.0644. The molecule has 5 heteroatoms. The normalized spacial score (nSPS) is 9.95. The predicted molar refractivity (Wildman–Crippen MR) is 89.0 cm³/mol. The Kier molecular flexibility index (Phi) is 7.58. The van der Waals surface area contributed by atoms with E-state index in [2.05, 4.69) is 22.5 Å². The molecular weight excluding hydrogens is 286 g/mol. The summed E-state index contributed by atoms with van der Waals surface area (Å²) in [5.41, 5.74) is 2.63. The van der Waals surface area contributed by atoms with Gasteiger partial charge in [0.2, 0.25) is 0 Å². The molecule has 1 aromatic carbocycles. The minimum Gasteiger partial charge on any atom is -0.351 e. The van der Waals surface area contributed by atoms with Gasteiger partial charge >= 0.3 is 0 Å². The molecule has 0 fully saturated rings. The predicted octanol–water partition coefficient (Wildman–Crippen LogP) is 2.83. The van der Waals surface area contributed by atoms with E-state index in [4.69, 9.17) is 0 Å². The second-order valence-electron chi connectivity index (χ2n) is 4.66. The highest BCUT2D eigenvalue weighted by atomic mass is 35.5. The number of hydrogen-bond acceptors (Lipinski definition) is 2. The third-order valence-corrected chi connectivity index (χ3v) is 3.03. The summed E-state index contributed by atoms with van der Waals surface area (Å²) in [7, 11) is 0. The fraction of sp³-hybridized carbons (Fsp3) is 0.312. The maximum atomic E-state index is 12.0. The van der Waals surface area contributed by atoms with E-state index in [9.17, 15) is 4.79 Å². The van der Waals surface area contributed by atoms with E-state index < -0.39 is 0 Å². The molecule has 0 radical (unpaired) electrons. The quantitative estimate of drug-likeness (QED) is 0.689. The van der Waals surface area contributed by atoms with Crippen LogP contribution in [0.4, 0.5) is 0 Å². The Morgan fingerprint density at radius 2 is 1.81 bits per heavy atom. The zero-order chi connectivity index (χ0) is 14.2. The van der Waals surface area contributed by atoms with E-state index >= 15 is 0 Å². The summed E-state index contributed by atoms with van der Waals surface area (Å²) >= 11 is 0. The number of hydrogen-bond donors (Lipinski definition) is 3. The number of halogens is 1. The number of aromatic amines is 1. The summed E-state index contributed by atoms with van der Waals surface area (Å²) in [4.78, 5) is 15.1. The van der Waals surface area contributed by atoms with Crippen LogP contribution < -0.4 is 10.6 Å². The van der Waals surface area contributed by atoms with Crippen LogP contribution in [0.25, 0.3) is 11.3 Å². The average Bonchev–Trinajstić information content (AvgIpc) is 2.98. The second kappa shape index (κ2) is 9.21. The largest absolute Gasteiger partial charge is 0.351 e. The fourth-order valence-electron chi connectivity index (χ4n) is 1.98. The molecule has 0 aliphatic heterocycles. The Balaban J connectivity index is 0.00000220. The molecule has 0 saturated carbocycles. The maximum absolute atomic E-state index is 12.0. The first-order valence-corrected chi connectivity index (χ1v) is 7.04. The maximum Gasteiger partial charge on any atom is 0.267 e. The molecule has 0 atom stereocenters. The number of carbonyl (C=O) groups is 1. The van der Waals surface area contributed by atoms with Crippen LogP contribution in [0.1, 0.15) is 23.8 Å². The molecule has 3 N–H and O–H groups in total. The summed E-state index contributed by atoms with van der Waals surface area (Å²) in [6, 6.07) is 13.7. The van der Waals surface area contributed by atoms with E-state index in [0.717, 1.165) is 30.8 Å². The lowest BCUT2D eigenvalue weighted by Gasteiger charge is -2.05. The smallest absolute Gasteiger partial charge is 0.267 e. The van der Waals surface area contributed by atoms with Crippen LogP contribution in [0.2, 0.25) is 0 Å². The highest BCUT2D eigenvalue weighted by molar-refractivity contribution is 5.93. The van der Waals surface area contributed by atoms with Crippen LogP contribution >= 0.6 is 12.4 Å². The Bertz CT molecular complexity index is 539. The van der Waals surface area contributed by atoms with Gasteiger partial charge in [-0.1, -0.05) is 37.3 Å². The van der Waals surface area contributed by atoms with Crippen molar-refractivity contribution in [2.24, 2.45) is 0 Å². The van der Waals surface area contributed by atoms with Gasteiger partial charge in [-0.25, -0.2) is 0 Å². The molecule has 0 bridgehead atoms. The van der Waals surface area contributed by atoms with Gasteiger partial charge < -0.3 is 15.6 Å². The topological polar surface area (TPSA) is 56.9 Å². The van der Waals surface area contributed by atoms with Crippen LogP contribution in [0.15, 0.2) is 42.5 Å². The third kappa shape index (κ3) is 5.25. The van der Waals surface area contributed by atoms with Crippen LogP contribution in [-0.4, -0.2) is 30.5 Å². The van der Waals surface area contributed by atoms with Crippen molar-refractivity contribution < 1.29 is 4.79 Å². The summed E-state index contributed by atoms with van der Waals surface area (Å²) < 4.78 is 0. The Labute approximate surface area is 131 Å². The van der Waals surface area contributed by atoms with Crippen LogP contribution in [-0.2, 0) is 0 Å². The summed E-state index contributed by atoms with van der Waals surface area (Å²) in [5.74, 6) is -0.0644. The third-order valence-electron chi connectivity index (χ3n) is 3.03. The van der Waals surface area contributed by atoms with Gasteiger partial charge in [0.15, 0.2) is 0 Å². The van der Waals surface area contributed by atoms with Crippen molar-refractivity contribution in [2.45, 2.75) is 13.3 Å². The van der Waals surface area contributed by atoms with Gasteiger partial charge in [-0.15, -0.1) is 12.4 Å². The molecule has 2 rings (SSSR count). The first-order chi connectivity index (χ1) is 9.81. The first-order valence-electron chi connectivity index (χ1n) is 7.04. The van der Waals surface area contributed by atoms with E-state index in [1.165, 1.54) is 0 Å². The number of amides is 1. The number of aromatic nitrogens is 1. The summed E-state index contributed by atoms with van der Waals surface area (Å²) in [6.07, 6.45) is 1.10. The molecule has 1 aromatic heterocycles. The van der Waals surface area contributed by atoms with Gasteiger partial charge in [-0.2, -0.15) is 0 Å². The van der Waals surface area contributed by atoms with Crippen molar-refractivity contribution in [1.82, 2.24) is 15.6 Å². The fourth-order valence-corrected chi connectivity index (χ4v) is 1.98. The standard InChI is InChI=1S/C16H21N3O.ClH/c1-2-10-17-11-12-18-16(20)15-9-8-14(19-15)13-6-4-3-5-7-13;/h3-9,17,19H,2,10-12H2,1H3,(H,18,20);1H. The molecule has 4 nitrogen and oxygen atoms in total. The van der Waals surface area contributed by atoms with Crippen molar-refractivity contribution in [3.63, 3.8) is 0 Å². The van der Waals surface area contributed by atoms with Crippen molar-refractivity contribution in [3.05, 3.63) is 48.2 Å². The molecule has 1 amide bonds. The molecule has 21 heavy (non-hydrogen) atoms. The average molecular weight is 308 g/mol. The van der Waals surface area contributed by atoms with Gasteiger partial charge in [0.25, 0.3) is 5.91 Å². The number of H-pyrrole nitrogens is 1. The molecule has 0 unspecified atom stereocenters. The van der Waals surface area contributed by atoms with Crippen LogP contribution in [0, 0.1) is 0 Å². The van der Waals surface area contributed by atoms with Gasteiger partial charge in [0.1, 0.15) is 5.69 Å². The molecule has 0 aliphatic rings. The van der Waals surface area contributed by atoms with Crippen molar-refractivity contribution >= 4 is 18.3 Å². The highest BCUT2D eigenvalue weighted by Gasteiger charge is 2.08. The zero-order valence-electron chi connectivity index (χ0n) is 12.2. The zero-order valence-corrected chi connectivity index (χ0v) is 13.0. The number of nitrogens with one attached hydrogen (secondary N) is 3. The van der Waals surface area contributed by atoms with Crippen LogP contribution in [0.3, 0.4) is 0 Å². The van der Waals surface area contributed by atoms with Crippen molar-refractivity contribution in [1.29, 1.82) is 0 Å². The van der Waals surface area contributed by atoms with Crippen molar-refractivity contribution in [2.75, 3.05) is 19.6 Å². The van der Waals surface area contributed by atoms with E-state index in [1.54, 1.807) is 0 Å². The minimum absolute atomic E-state index is 0. The Morgan fingerprint density at radius 3 is 2.52 bits per heavy atom. The van der Waals surface area contributed by atoms with E-state index in [0.29, 0.717) is 12.2 Å². The molecule has 2 aromatic rings. The Hall–Kier alpha value is -1.78. The molecule has 1 heterocycles. The molecule has 114 valence electrons. The lowest BCUT2D eigenvalue weighted by Crippen LogP contribution is -2.32. The second-order valence-corrected chi connectivity index (χ2v) is 4.66. The number of rotatable bonds is 7.